The summed E-state index contributed by atoms with van der Waals surface area (Å²) in [5.41, 5.74) is 1.55. The van der Waals surface area contributed by atoms with Gasteiger partial charge in [-0.25, -0.2) is 0 Å². The van der Waals surface area contributed by atoms with Gasteiger partial charge in [0.05, 0.1) is 26.7 Å². The number of aromatic hydroxyl groups is 1. The maximum absolute atomic E-state index is 9.53. The second kappa shape index (κ2) is 7.51. The van der Waals surface area contributed by atoms with Gasteiger partial charge in [0.15, 0.2) is 11.5 Å². The summed E-state index contributed by atoms with van der Waals surface area (Å²) in [5, 5.41) is 13.9. The molecule has 118 valence electrons. The lowest BCUT2D eigenvalue weighted by molar-refractivity contribution is 0.340. The first kappa shape index (κ1) is 17.4. The quantitative estimate of drug-likeness (QED) is 0.623. The van der Waals surface area contributed by atoms with E-state index in [1.807, 2.05) is 6.92 Å². The lowest BCUT2D eigenvalue weighted by Gasteiger charge is -2.12. The first-order chi connectivity index (χ1) is 10.4. The minimum atomic E-state index is -0.138. The van der Waals surface area contributed by atoms with Crippen LogP contribution in [0.2, 0.25) is 20.1 Å². The lowest BCUT2D eigenvalue weighted by atomic mass is 10.2. The minimum absolute atomic E-state index is 0.138. The number of halogens is 4. The summed E-state index contributed by atoms with van der Waals surface area (Å²) in [5.74, 6) is 0.339. The zero-order valence-corrected chi connectivity index (χ0v) is 14.6. The van der Waals surface area contributed by atoms with Crippen LogP contribution in [0.15, 0.2) is 24.3 Å². The van der Waals surface area contributed by atoms with E-state index in [4.69, 9.17) is 51.1 Å². The highest BCUT2D eigenvalue weighted by Crippen LogP contribution is 2.36. The molecule has 0 aliphatic heterocycles. The molecule has 2 aromatic rings. The number of hydrogen-bond acceptors (Lipinski definition) is 3. The van der Waals surface area contributed by atoms with Gasteiger partial charge in [-0.3, -0.25) is 0 Å². The van der Waals surface area contributed by atoms with Crippen LogP contribution in [-0.2, 0) is 6.54 Å². The normalized spacial score (nSPS) is 10.6. The standard InChI is InChI=1S/C15H13Cl4NO2/c1-2-22-15-12(18)3-8(4-13(15)19)7-20-9-5-10(16)14(21)11(17)6-9/h3-6,20-21H,2,7H2,1H3. The number of anilines is 1. The summed E-state index contributed by atoms with van der Waals surface area (Å²) in [4.78, 5) is 0. The molecule has 2 N–H and O–H groups in total. The molecule has 0 saturated heterocycles. The van der Waals surface area contributed by atoms with Gasteiger partial charge in [-0.15, -0.1) is 0 Å². The van der Waals surface area contributed by atoms with Gasteiger partial charge in [0, 0.05) is 12.2 Å². The number of nitrogens with one attached hydrogen (secondary N) is 1. The highest BCUT2D eigenvalue weighted by molar-refractivity contribution is 6.38. The van der Waals surface area contributed by atoms with E-state index >= 15 is 0 Å². The van der Waals surface area contributed by atoms with Crippen molar-refractivity contribution in [3.8, 4) is 11.5 Å². The van der Waals surface area contributed by atoms with Gasteiger partial charge in [-0.05, 0) is 36.8 Å². The van der Waals surface area contributed by atoms with Crippen molar-refractivity contribution in [2.45, 2.75) is 13.5 Å². The van der Waals surface area contributed by atoms with Gasteiger partial charge >= 0.3 is 0 Å². The predicted octanol–water partition coefficient (Wildman–Crippen LogP) is 6.02. The third kappa shape index (κ3) is 4.05. The van der Waals surface area contributed by atoms with E-state index in [-0.39, 0.29) is 15.8 Å². The summed E-state index contributed by atoms with van der Waals surface area (Å²) in [6.45, 7) is 2.81. The van der Waals surface area contributed by atoms with Crippen molar-refractivity contribution in [3.63, 3.8) is 0 Å². The Balaban J connectivity index is 2.15. The van der Waals surface area contributed by atoms with E-state index in [2.05, 4.69) is 5.32 Å². The second-order valence-electron chi connectivity index (χ2n) is 4.46. The molecule has 0 unspecified atom stereocenters. The Labute approximate surface area is 148 Å². The van der Waals surface area contributed by atoms with E-state index in [0.717, 1.165) is 5.56 Å². The molecular formula is C15H13Cl4NO2. The van der Waals surface area contributed by atoms with E-state index in [9.17, 15) is 5.11 Å². The number of ether oxygens (including phenoxy) is 1. The zero-order valence-electron chi connectivity index (χ0n) is 11.6. The summed E-state index contributed by atoms with van der Waals surface area (Å²) in [7, 11) is 0. The maximum atomic E-state index is 9.53. The Hall–Kier alpha value is -1.000. The molecule has 0 spiro atoms. The molecule has 0 atom stereocenters. The molecule has 0 heterocycles. The van der Waals surface area contributed by atoms with Crippen LogP contribution in [0.5, 0.6) is 11.5 Å². The summed E-state index contributed by atoms with van der Waals surface area (Å²) in [6, 6.07) is 6.71. The van der Waals surface area contributed by atoms with Crippen molar-refractivity contribution in [1.82, 2.24) is 0 Å². The van der Waals surface area contributed by atoms with Gasteiger partial charge in [-0.1, -0.05) is 46.4 Å². The summed E-state index contributed by atoms with van der Waals surface area (Å²) < 4.78 is 5.38. The highest BCUT2D eigenvalue weighted by atomic mass is 35.5. The average molecular weight is 381 g/mol. The van der Waals surface area contributed by atoms with Crippen molar-refractivity contribution >= 4 is 52.1 Å². The van der Waals surface area contributed by atoms with Crippen LogP contribution in [0.4, 0.5) is 5.69 Å². The topological polar surface area (TPSA) is 41.5 Å². The van der Waals surface area contributed by atoms with Crippen LogP contribution in [0, 0.1) is 0 Å². The fourth-order valence-corrected chi connectivity index (χ4v) is 3.00. The van der Waals surface area contributed by atoms with E-state index < -0.39 is 0 Å². The molecule has 22 heavy (non-hydrogen) atoms. The molecule has 0 aliphatic rings. The monoisotopic (exact) mass is 379 g/mol. The first-order valence-corrected chi connectivity index (χ1v) is 7.96. The van der Waals surface area contributed by atoms with Gasteiger partial charge in [0.1, 0.15) is 0 Å². The molecule has 2 rings (SSSR count). The van der Waals surface area contributed by atoms with Crippen LogP contribution >= 0.6 is 46.4 Å². The number of hydrogen-bond donors (Lipinski definition) is 2. The Morgan fingerprint density at radius 2 is 1.50 bits per heavy atom. The Morgan fingerprint density at radius 1 is 0.955 bits per heavy atom. The van der Waals surface area contributed by atoms with Crippen LogP contribution in [-0.4, -0.2) is 11.7 Å². The SMILES string of the molecule is CCOc1c(Cl)cc(CNc2cc(Cl)c(O)c(Cl)c2)cc1Cl. The number of benzene rings is 2. The molecule has 0 bridgehead atoms. The largest absolute Gasteiger partial charge is 0.505 e. The van der Waals surface area contributed by atoms with Crippen molar-refractivity contribution in [2.24, 2.45) is 0 Å². The molecular weight excluding hydrogens is 368 g/mol. The van der Waals surface area contributed by atoms with Crippen molar-refractivity contribution in [3.05, 3.63) is 49.9 Å². The van der Waals surface area contributed by atoms with E-state index in [0.29, 0.717) is 34.6 Å². The summed E-state index contributed by atoms with van der Waals surface area (Å²) >= 11 is 24.1. The molecule has 3 nitrogen and oxygen atoms in total. The Morgan fingerprint density at radius 3 is 2.00 bits per heavy atom. The predicted molar refractivity (Wildman–Crippen MR) is 93.1 cm³/mol. The van der Waals surface area contributed by atoms with Crippen LogP contribution in [0.25, 0.3) is 0 Å². The summed E-state index contributed by atoms with van der Waals surface area (Å²) in [6.07, 6.45) is 0. The molecule has 0 fully saturated rings. The highest BCUT2D eigenvalue weighted by Gasteiger charge is 2.10. The van der Waals surface area contributed by atoms with E-state index in [1.165, 1.54) is 0 Å². The molecule has 0 saturated carbocycles. The fourth-order valence-electron chi connectivity index (χ4n) is 1.87. The van der Waals surface area contributed by atoms with Crippen molar-refractivity contribution in [2.75, 3.05) is 11.9 Å². The van der Waals surface area contributed by atoms with Crippen molar-refractivity contribution in [1.29, 1.82) is 0 Å². The second-order valence-corrected chi connectivity index (χ2v) is 6.09. The van der Waals surface area contributed by atoms with Gasteiger partial charge in [0.2, 0.25) is 0 Å². The van der Waals surface area contributed by atoms with Crippen LogP contribution in [0.3, 0.4) is 0 Å². The molecule has 0 aliphatic carbocycles. The molecule has 0 amide bonds. The zero-order chi connectivity index (χ0) is 16.3. The number of phenols is 1. The van der Waals surface area contributed by atoms with Crippen molar-refractivity contribution < 1.29 is 9.84 Å². The van der Waals surface area contributed by atoms with E-state index in [1.54, 1.807) is 24.3 Å². The minimum Gasteiger partial charge on any atom is -0.505 e. The molecule has 2 aromatic carbocycles. The average Bonchev–Trinajstić information content (AvgIpc) is 2.46. The maximum Gasteiger partial charge on any atom is 0.156 e. The number of rotatable bonds is 5. The van der Waals surface area contributed by atoms with Gasteiger partial charge < -0.3 is 15.2 Å². The lowest BCUT2D eigenvalue weighted by Crippen LogP contribution is -2.01. The van der Waals surface area contributed by atoms with Gasteiger partial charge in [0.25, 0.3) is 0 Å². The third-order valence-corrected chi connectivity index (χ3v) is 4.00. The first-order valence-electron chi connectivity index (χ1n) is 6.45. The third-order valence-electron chi connectivity index (χ3n) is 2.86. The fraction of sp³-hybridized carbons (Fsp3) is 0.200. The number of phenolic OH excluding ortho intramolecular Hbond substituents is 1. The van der Waals surface area contributed by atoms with Gasteiger partial charge in [-0.2, -0.15) is 0 Å². The molecule has 7 heteroatoms. The molecule has 0 aromatic heterocycles. The Bertz CT molecular complexity index is 645. The smallest absolute Gasteiger partial charge is 0.156 e. The molecule has 0 radical (unpaired) electrons. The van der Waals surface area contributed by atoms with Crippen LogP contribution in [0.1, 0.15) is 12.5 Å². The van der Waals surface area contributed by atoms with Crippen LogP contribution < -0.4 is 10.1 Å². The Kier molecular flexibility index (Phi) is 5.93.